The van der Waals surface area contributed by atoms with E-state index in [9.17, 15) is 13.5 Å². The second-order valence-electron chi connectivity index (χ2n) is 7.49. The van der Waals surface area contributed by atoms with E-state index in [4.69, 9.17) is 12.2 Å². The van der Waals surface area contributed by atoms with Crippen molar-refractivity contribution in [1.82, 2.24) is 4.31 Å². The average molecular weight is 434 g/mol. The van der Waals surface area contributed by atoms with Gasteiger partial charge in [0.1, 0.15) is 0 Å². The average Bonchev–Trinajstić information content (AvgIpc) is 2.69. The first-order valence-corrected chi connectivity index (χ1v) is 11.6. The molecule has 0 amide bonds. The highest BCUT2D eigenvalue weighted by atomic mass is 32.2. The highest BCUT2D eigenvalue weighted by Crippen LogP contribution is 2.24. The molecule has 1 unspecified atom stereocenters. The highest BCUT2D eigenvalue weighted by Gasteiger charge is 2.27. The first kappa shape index (κ1) is 21.7. The van der Waals surface area contributed by atoms with E-state index in [1.54, 1.807) is 35.5 Å². The van der Waals surface area contributed by atoms with Crippen LogP contribution in [0.1, 0.15) is 38.4 Å². The molecule has 0 saturated carbocycles. The molecule has 0 aliphatic carbocycles. The quantitative estimate of drug-likeness (QED) is 0.619. The number of rotatable bonds is 5. The molecule has 6 nitrogen and oxygen atoms in total. The number of piperidine rings is 1. The van der Waals surface area contributed by atoms with Gasteiger partial charge in [0.05, 0.1) is 11.0 Å². The molecule has 1 aliphatic rings. The summed E-state index contributed by atoms with van der Waals surface area (Å²) in [6, 6.07) is 14.0. The number of aliphatic hydroxyl groups excluding tert-OH is 1. The third-order valence-electron chi connectivity index (χ3n) is 5.12. The molecule has 0 radical (unpaired) electrons. The third kappa shape index (κ3) is 5.54. The van der Waals surface area contributed by atoms with Gasteiger partial charge in [-0.05, 0) is 79.9 Å². The Morgan fingerprint density at radius 2 is 1.72 bits per heavy atom. The van der Waals surface area contributed by atoms with E-state index in [1.807, 2.05) is 24.3 Å². The van der Waals surface area contributed by atoms with Crippen LogP contribution in [-0.4, -0.2) is 36.0 Å². The lowest BCUT2D eigenvalue weighted by molar-refractivity contribution is 0.199. The number of hydrogen-bond donors (Lipinski definition) is 3. The molecular formula is C21H27N3O3S2. The van der Waals surface area contributed by atoms with Gasteiger partial charge in [-0.3, -0.25) is 0 Å². The van der Waals surface area contributed by atoms with Gasteiger partial charge in [0.2, 0.25) is 10.0 Å². The maximum Gasteiger partial charge on any atom is 0.243 e. The zero-order valence-corrected chi connectivity index (χ0v) is 18.3. The van der Waals surface area contributed by atoms with E-state index in [-0.39, 0.29) is 0 Å². The molecule has 1 aliphatic heterocycles. The predicted octanol–water partition coefficient (Wildman–Crippen LogP) is 3.97. The molecule has 0 spiro atoms. The van der Waals surface area contributed by atoms with Crippen molar-refractivity contribution < 1.29 is 13.5 Å². The summed E-state index contributed by atoms with van der Waals surface area (Å²) in [4.78, 5) is 0.293. The molecule has 1 fully saturated rings. The van der Waals surface area contributed by atoms with Crippen LogP contribution in [0.15, 0.2) is 53.4 Å². The van der Waals surface area contributed by atoms with Gasteiger partial charge in [-0.25, -0.2) is 8.42 Å². The molecule has 2 aromatic carbocycles. The van der Waals surface area contributed by atoms with Gasteiger partial charge in [-0.1, -0.05) is 19.1 Å². The Kier molecular flexibility index (Phi) is 6.89. The van der Waals surface area contributed by atoms with Crippen LogP contribution in [0, 0.1) is 5.92 Å². The Hall–Kier alpha value is -2.00. The largest absolute Gasteiger partial charge is 0.389 e. The van der Waals surface area contributed by atoms with Crippen molar-refractivity contribution >= 4 is 38.7 Å². The van der Waals surface area contributed by atoms with Crippen LogP contribution < -0.4 is 10.6 Å². The van der Waals surface area contributed by atoms with Crippen molar-refractivity contribution in [3.63, 3.8) is 0 Å². The van der Waals surface area contributed by atoms with Crippen LogP contribution in [0.2, 0.25) is 0 Å². The number of anilines is 2. The maximum absolute atomic E-state index is 12.8. The van der Waals surface area contributed by atoms with Crippen molar-refractivity contribution in [2.45, 2.75) is 37.7 Å². The molecule has 29 heavy (non-hydrogen) atoms. The van der Waals surface area contributed by atoms with Crippen LogP contribution in [0.25, 0.3) is 0 Å². The van der Waals surface area contributed by atoms with Crippen LogP contribution >= 0.6 is 12.2 Å². The van der Waals surface area contributed by atoms with E-state index >= 15 is 0 Å². The summed E-state index contributed by atoms with van der Waals surface area (Å²) >= 11 is 5.34. The lowest BCUT2D eigenvalue weighted by Gasteiger charge is -2.29. The molecule has 1 heterocycles. The number of thiocarbonyl (C=S) groups is 1. The summed E-state index contributed by atoms with van der Waals surface area (Å²) in [7, 11) is -3.46. The van der Waals surface area contributed by atoms with Gasteiger partial charge >= 0.3 is 0 Å². The van der Waals surface area contributed by atoms with Crippen molar-refractivity contribution in [3.8, 4) is 0 Å². The Bertz CT molecular complexity index is 951. The van der Waals surface area contributed by atoms with Crippen LogP contribution in [-0.2, 0) is 10.0 Å². The van der Waals surface area contributed by atoms with Gasteiger partial charge in [0, 0.05) is 24.5 Å². The lowest BCUT2D eigenvalue weighted by atomic mass is 10.0. The molecule has 156 valence electrons. The fraction of sp³-hybridized carbons (Fsp3) is 0.381. The minimum absolute atomic E-state index is 0.293. The predicted molar refractivity (Wildman–Crippen MR) is 121 cm³/mol. The van der Waals surface area contributed by atoms with Crippen LogP contribution in [0.4, 0.5) is 11.4 Å². The van der Waals surface area contributed by atoms with Gasteiger partial charge < -0.3 is 15.7 Å². The minimum atomic E-state index is -3.46. The zero-order valence-electron chi connectivity index (χ0n) is 16.6. The lowest BCUT2D eigenvalue weighted by Crippen LogP contribution is -2.37. The summed E-state index contributed by atoms with van der Waals surface area (Å²) < 4.78 is 27.2. The van der Waals surface area contributed by atoms with Crippen molar-refractivity contribution in [2.75, 3.05) is 23.7 Å². The molecule has 8 heteroatoms. The number of benzene rings is 2. The van der Waals surface area contributed by atoms with Crippen molar-refractivity contribution in [1.29, 1.82) is 0 Å². The number of nitrogens with zero attached hydrogens (tertiary/aromatic N) is 1. The summed E-state index contributed by atoms with van der Waals surface area (Å²) in [5, 5.41) is 16.2. The Balaban J connectivity index is 1.63. The Morgan fingerprint density at radius 1 is 1.10 bits per heavy atom. The molecule has 1 saturated heterocycles. The fourth-order valence-electron chi connectivity index (χ4n) is 3.25. The molecule has 0 aromatic heterocycles. The van der Waals surface area contributed by atoms with Gasteiger partial charge in [-0.2, -0.15) is 4.31 Å². The molecule has 1 atom stereocenters. The van der Waals surface area contributed by atoms with Crippen LogP contribution in [0.3, 0.4) is 0 Å². The number of sulfonamides is 1. The highest BCUT2D eigenvalue weighted by molar-refractivity contribution is 7.89. The first-order chi connectivity index (χ1) is 13.8. The summed E-state index contributed by atoms with van der Waals surface area (Å²) in [5.74, 6) is 0.572. The Morgan fingerprint density at radius 3 is 2.34 bits per heavy atom. The second kappa shape index (κ2) is 9.21. The van der Waals surface area contributed by atoms with E-state index in [0.29, 0.717) is 34.7 Å². The molecule has 3 N–H and O–H groups in total. The Labute approximate surface area is 178 Å². The van der Waals surface area contributed by atoms with Gasteiger partial charge in [0.25, 0.3) is 0 Å². The zero-order chi connectivity index (χ0) is 21.0. The van der Waals surface area contributed by atoms with Gasteiger partial charge in [-0.15, -0.1) is 0 Å². The monoisotopic (exact) mass is 433 g/mol. The number of aliphatic hydroxyl groups is 1. The van der Waals surface area contributed by atoms with E-state index in [1.165, 1.54) is 0 Å². The number of nitrogens with one attached hydrogen (secondary N) is 2. The normalized spacial score (nSPS) is 16.9. The van der Waals surface area contributed by atoms with Crippen molar-refractivity contribution in [3.05, 3.63) is 54.1 Å². The summed E-state index contributed by atoms with van der Waals surface area (Å²) in [5.41, 5.74) is 2.25. The standard InChI is InChI=1S/C21H27N3O3S2/c1-15-10-12-24(13-11-15)29(26,27)20-8-6-18(7-9-20)22-21(28)23-19-5-3-4-17(14-19)16(2)25/h3-9,14-16,25H,10-13H2,1-2H3,(H2,22,23,28). The van der Waals surface area contributed by atoms with Crippen molar-refractivity contribution in [2.24, 2.45) is 5.92 Å². The van der Waals surface area contributed by atoms with Gasteiger partial charge in [0.15, 0.2) is 5.11 Å². The third-order valence-corrected chi connectivity index (χ3v) is 7.24. The molecule has 0 bridgehead atoms. The van der Waals surface area contributed by atoms with E-state index in [2.05, 4.69) is 17.6 Å². The smallest absolute Gasteiger partial charge is 0.243 e. The SMILES string of the molecule is CC1CCN(S(=O)(=O)c2ccc(NC(=S)Nc3cccc(C(C)O)c3)cc2)CC1. The van der Waals surface area contributed by atoms with E-state index < -0.39 is 16.1 Å². The summed E-state index contributed by atoms with van der Waals surface area (Å²) in [6.07, 6.45) is 1.24. The maximum atomic E-state index is 12.8. The molecule has 2 aromatic rings. The topological polar surface area (TPSA) is 81.7 Å². The molecular weight excluding hydrogens is 406 g/mol. The fourth-order valence-corrected chi connectivity index (χ4v) is 4.96. The van der Waals surface area contributed by atoms with Crippen LogP contribution in [0.5, 0.6) is 0 Å². The second-order valence-corrected chi connectivity index (χ2v) is 9.84. The first-order valence-electron chi connectivity index (χ1n) is 9.72. The minimum Gasteiger partial charge on any atom is -0.389 e. The van der Waals surface area contributed by atoms with E-state index in [0.717, 1.165) is 24.1 Å². The number of hydrogen-bond acceptors (Lipinski definition) is 4. The summed E-state index contributed by atoms with van der Waals surface area (Å²) in [6.45, 7) is 5.00. The molecule has 3 rings (SSSR count).